The van der Waals surface area contributed by atoms with Gasteiger partial charge in [-0.25, -0.2) is 13.8 Å². The molecule has 0 aliphatic carbocycles. The molecule has 2 aromatic rings. The molecular weight excluding hydrogens is 232 g/mol. The fraction of sp³-hybridized carbons (Fsp3) is 0.250. The average molecular weight is 242 g/mol. The van der Waals surface area contributed by atoms with E-state index in [1.165, 1.54) is 0 Å². The van der Waals surface area contributed by atoms with E-state index in [0.717, 1.165) is 30.5 Å². The van der Waals surface area contributed by atoms with Crippen LogP contribution in [0, 0.1) is 11.6 Å². The van der Waals surface area contributed by atoms with Crippen LogP contribution in [0.2, 0.25) is 5.15 Å². The van der Waals surface area contributed by atoms with Gasteiger partial charge in [0.15, 0.2) is 11.6 Å². The Balaban J connectivity index is 2.65. The number of aromatic nitrogens is 1. The van der Waals surface area contributed by atoms with Crippen molar-refractivity contribution in [3.63, 3.8) is 0 Å². The lowest BCUT2D eigenvalue weighted by molar-refractivity contribution is 0.510. The van der Waals surface area contributed by atoms with Crippen LogP contribution in [0.4, 0.5) is 8.78 Å². The lowest BCUT2D eigenvalue weighted by Gasteiger charge is -2.05. The van der Waals surface area contributed by atoms with E-state index in [2.05, 4.69) is 4.98 Å². The number of fused-ring (bicyclic) bond motifs is 1. The number of hydrogen-bond donors (Lipinski definition) is 0. The van der Waals surface area contributed by atoms with E-state index >= 15 is 0 Å². The summed E-state index contributed by atoms with van der Waals surface area (Å²) in [7, 11) is 0. The first-order valence-electron chi connectivity index (χ1n) is 5.06. The second-order valence-corrected chi connectivity index (χ2v) is 4.01. The first-order valence-corrected chi connectivity index (χ1v) is 5.43. The van der Waals surface area contributed by atoms with Gasteiger partial charge in [0.25, 0.3) is 0 Å². The molecule has 4 heteroatoms. The number of benzene rings is 1. The van der Waals surface area contributed by atoms with Crippen LogP contribution in [-0.2, 0) is 6.42 Å². The molecule has 0 aliphatic rings. The molecule has 0 spiro atoms. The highest BCUT2D eigenvalue weighted by Gasteiger charge is 2.08. The summed E-state index contributed by atoms with van der Waals surface area (Å²) in [6.45, 7) is 2.02. The SMILES string of the molecule is CCCc1cc2cc(F)c(F)cc2nc1Cl. The van der Waals surface area contributed by atoms with Crippen molar-refractivity contribution in [3.05, 3.63) is 40.6 Å². The third kappa shape index (κ3) is 2.00. The first kappa shape index (κ1) is 11.3. The molecule has 1 aromatic carbocycles. The van der Waals surface area contributed by atoms with E-state index in [9.17, 15) is 8.78 Å². The second kappa shape index (κ2) is 4.34. The molecule has 0 saturated carbocycles. The Morgan fingerprint density at radius 2 is 1.88 bits per heavy atom. The molecule has 0 radical (unpaired) electrons. The van der Waals surface area contributed by atoms with Crippen molar-refractivity contribution in [1.29, 1.82) is 0 Å². The molecule has 0 N–H and O–H groups in total. The first-order chi connectivity index (χ1) is 7.61. The predicted molar refractivity (Wildman–Crippen MR) is 60.7 cm³/mol. The maximum atomic E-state index is 13.0. The Morgan fingerprint density at radius 3 is 2.56 bits per heavy atom. The Labute approximate surface area is 97.1 Å². The van der Waals surface area contributed by atoms with Crippen LogP contribution in [0.5, 0.6) is 0 Å². The minimum atomic E-state index is -0.903. The lowest BCUT2D eigenvalue weighted by Crippen LogP contribution is -1.92. The number of nitrogens with zero attached hydrogens (tertiary/aromatic N) is 1. The van der Waals surface area contributed by atoms with Crippen LogP contribution in [0.3, 0.4) is 0 Å². The minimum Gasteiger partial charge on any atom is -0.236 e. The van der Waals surface area contributed by atoms with Crippen molar-refractivity contribution in [2.75, 3.05) is 0 Å². The predicted octanol–water partition coefficient (Wildman–Crippen LogP) is 4.12. The van der Waals surface area contributed by atoms with Crippen molar-refractivity contribution >= 4 is 22.5 Å². The van der Waals surface area contributed by atoms with Crippen molar-refractivity contribution in [1.82, 2.24) is 4.98 Å². The quantitative estimate of drug-likeness (QED) is 0.721. The zero-order chi connectivity index (χ0) is 11.7. The van der Waals surface area contributed by atoms with Gasteiger partial charge in [0, 0.05) is 11.5 Å². The Kier molecular flexibility index (Phi) is 3.06. The Morgan fingerprint density at radius 1 is 1.19 bits per heavy atom. The largest absolute Gasteiger partial charge is 0.236 e. The molecule has 0 atom stereocenters. The molecule has 0 aliphatic heterocycles. The number of pyridine rings is 1. The summed E-state index contributed by atoms with van der Waals surface area (Å²) in [4.78, 5) is 4.05. The van der Waals surface area contributed by atoms with Crippen LogP contribution in [0.25, 0.3) is 10.9 Å². The lowest BCUT2D eigenvalue weighted by atomic mass is 10.1. The monoisotopic (exact) mass is 241 g/mol. The summed E-state index contributed by atoms with van der Waals surface area (Å²) in [6, 6.07) is 3.97. The van der Waals surface area contributed by atoms with Crippen LogP contribution in [-0.4, -0.2) is 4.98 Å². The molecule has 2 rings (SSSR count). The van der Waals surface area contributed by atoms with Gasteiger partial charge in [-0.1, -0.05) is 24.9 Å². The maximum Gasteiger partial charge on any atom is 0.161 e. The Bertz CT molecular complexity index is 540. The standard InChI is InChI=1S/C12H10ClF2N/c1-2-3-7-4-8-5-9(14)10(15)6-11(8)16-12(7)13/h4-6H,2-3H2,1H3. The van der Waals surface area contributed by atoms with Crippen LogP contribution >= 0.6 is 11.6 Å². The van der Waals surface area contributed by atoms with Crippen molar-refractivity contribution in [2.24, 2.45) is 0 Å². The van der Waals surface area contributed by atoms with Crippen LogP contribution in [0.15, 0.2) is 18.2 Å². The van der Waals surface area contributed by atoms with E-state index in [1.54, 1.807) is 6.07 Å². The molecule has 1 aromatic heterocycles. The van der Waals surface area contributed by atoms with Gasteiger partial charge >= 0.3 is 0 Å². The summed E-state index contributed by atoms with van der Waals surface area (Å²) in [5, 5.41) is 0.937. The molecule has 0 saturated heterocycles. The fourth-order valence-electron chi connectivity index (χ4n) is 1.63. The zero-order valence-electron chi connectivity index (χ0n) is 8.73. The van der Waals surface area contributed by atoms with Gasteiger partial charge in [0.05, 0.1) is 5.52 Å². The van der Waals surface area contributed by atoms with Crippen molar-refractivity contribution in [3.8, 4) is 0 Å². The van der Waals surface area contributed by atoms with E-state index < -0.39 is 11.6 Å². The van der Waals surface area contributed by atoms with Gasteiger partial charge in [-0.2, -0.15) is 0 Å². The van der Waals surface area contributed by atoms with Crippen LogP contribution in [0.1, 0.15) is 18.9 Å². The van der Waals surface area contributed by atoms with Crippen molar-refractivity contribution < 1.29 is 8.78 Å². The number of aryl methyl sites for hydroxylation is 1. The number of rotatable bonds is 2. The van der Waals surface area contributed by atoms with Crippen molar-refractivity contribution in [2.45, 2.75) is 19.8 Å². The number of halogens is 3. The van der Waals surface area contributed by atoms with E-state index in [0.29, 0.717) is 16.1 Å². The highest BCUT2D eigenvalue weighted by Crippen LogP contribution is 2.23. The molecule has 16 heavy (non-hydrogen) atoms. The molecule has 0 fully saturated rings. The van der Waals surface area contributed by atoms with Gasteiger partial charge in [-0.05, 0) is 24.1 Å². The minimum absolute atomic E-state index is 0.361. The summed E-state index contributed by atoms with van der Waals surface area (Å²) in [6.07, 6.45) is 1.71. The van der Waals surface area contributed by atoms with Gasteiger partial charge in [-0.3, -0.25) is 0 Å². The van der Waals surface area contributed by atoms with Gasteiger partial charge < -0.3 is 0 Å². The molecule has 84 valence electrons. The second-order valence-electron chi connectivity index (χ2n) is 3.65. The zero-order valence-corrected chi connectivity index (χ0v) is 9.48. The van der Waals surface area contributed by atoms with Gasteiger partial charge in [0.1, 0.15) is 5.15 Å². The third-order valence-electron chi connectivity index (χ3n) is 2.40. The molecule has 1 nitrogen and oxygen atoms in total. The van der Waals surface area contributed by atoms with Gasteiger partial charge in [-0.15, -0.1) is 0 Å². The molecule has 0 bridgehead atoms. The third-order valence-corrected chi connectivity index (χ3v) is 2.73. The molecule has 0 amide bonds. The summed E-state index contributed by atoms with van der Waals surface area (Å²) in [5.74, 6) is -1.77. The normalized spacial score (nSPS) is 11.0. The topological polar surface area (TPSA) is 12.9 Å². The summed E-state index contributed by atoms with van der Waals surface area (Å²) < 4.78 is 26.0. The maximum absolute atomic E-state index is 13.0. The van der Waals surface area contributed by atoms with E-state index in [1.807, 2.05) is 6.92 Å². The van der Waals surface area contributed by atoms with Crippen LogP contribution < -0.4 is 0 Å². The Hall–Kier alpha value is -1.22. The number of hydrogen-bond acceptors (Lipinski definition) is 1. The molecular formula is C12H10ClF2N. The van der Waals surface area contributed by atoms with Gasteiger partial charge in [0.2, 0.25) is 0 Å². The van der Waals surface area contributed by atoms with E-state index in [4.69, 9.17) is 11.6 Å². The molecule has 0 unspecified atom stereocenters. The fourth-order valence-corrected chi connectivity index (χ4v) is 1.87. The highest BCUT2D eigenvalue weighted by molar-refractivity contribution is 6.30. The highest BCUT2D eigenvalue weighted by atomic mass is 35.5. The average Bonchev–Trinajstić information content (AvgIpc) is 2.23. The smallest absolute Gasteiger partial charge is 0.161 e. The summed E-state index contributed by atoms with van der Waals surface area (Å²) >= 11 is 5.95. The summed E-state index contributed by atoms with van der Waals surface area (Å²) in [5.41, 5.74) is 1.24. The molecule has 1 heterocycles. The van der Waals surface area contributed by atoms with E-state index in [-0.39, 0.29) is 0 Å².